The lowest BCUT2D eigenvalue weighted by molar-refractivity contribution is 0.0748. The van der Waals surface area contributed by atoms with E-state index in [0.29, 0.717) is 19.5 Å². The standard InChI is InChI=1S/C24H21ClN4OS/c25-19-10-8-17(9-11-19)16-22-26-24(31-27-22)29-14-12-28(13-15-29)23(30)21-7-3-5-18-4-1-2-6-20(18)21/h1-11H,12-16H2. The molecule has 0 atom stereocenters. The topological polar surface area (TPSA) is 49.3 Å². The number of halogens is 1. The number of piperazine rings is 1. The summed E-state index contributed by atoms with van der Waals surface area (Å²) in [4.78, 5) is 22.0. The highest BCUT2D eigenvalue weighted by Crippen LogP contribution is 2.24. The summed E-state index contributed by atoms with van der Waals surface area (Å²) < 4.78 is 4.52. The van der Waals surface area contributed by atoms with E-state index in [4.69, 9.17) is 16.6 Å². The third-order valence-corrected chi connectivity index (χ3v) is 6.66. The van der Waals surface area contributed by atoms with Gasteiger partial charge < -0.3 is 9.80 Å². The zero-order valence-electron chi connectivity index (χ0n) is 16.9. The van der Waals surface area contributed by atoms with Gasteiger partial charge in [0.15, 0.2) is 0 Å². The molecule has 1 amide bonds. The average Bonchev–Trinajstić information content (AvgIpc) is 3.28. The Kier molecular flexibility index (Phi) is 5.57. The first-order valence-corrected chi connectivity index (χ1v) is 11.4. The van der Waals surface area contributed by atoms with E-state index in [-0.39, 0.29) is 5.91 Å². The maximum atomic E-state index is 13.2. The molecule has 3 aromatic carbocycles. The summed E-state index contributed by atoms with van der Waals surface area (Å²) in [6, 6.07) is 21.7. The van der Waals surface area contributed by atoms with Crippen LogP contribution in [-0.4, -0.2) is 46.3 Å². The van der Waals surface area contributed by atoms with E-state index in [1.807, 2.05) is 71.6 Å². The molecule has 0 bridgehead atoms. The van der Waals surface area contributed by atoms with Gasteiger partial charge in [-0.1, -0.05) is 60.1 Å². The first-order valence-electron chi connectivity index (χ1n) is 10.3. The Labute approximate surface area is 190 Å². The van der Waals surface area contributed by atoms with Gasteiger partial charge in [0.2, 0.25) is 5.13 Å². The molecule has 0 spiro atoms. The maximum absolute atomic E-state index is 13.2. The molecule has 5 rings (SSSR count). The van der Waals surface area contributed by atoms with Gasteiger partial charge >= 0.3 is 0 Å². The van der Waals surface area contributed by atoms with Crippen molar-refractivity contribution in [1.29, 1.82) is 0 Å². The zero-order valence-corrected chi connectivity index (χ0v) is 18.4. The lowest BCUT2D eigenvalue weighted by atomic mass is 10.0. The highest BCUT2D eigenvalue weighted by molar-refractivity contribution is 7.09. The van der Waals surface area contributed by atoms with E-state index >= 15 is 0 Å². The highest BCUT2D eigenvalue weighted by Gasteiger charge is 2.25. The lowest BCUT2D eigenvalue weighted by Gasteiger charge is -2.34. The molecule has 5 nitrogen and oxygen atoms in total. The van der Waals surface area contributed by atoms with Crippen molar-refractivity contribution in [2.75, 3.05) is 31.1 Å². The second-order valence-corrected chi connectivity index (χ2v) is 8.77. The quantitative estimate of drug-likeness (QED) is 0.445. The van der Waals surface area contributed by atoms with E-state index < -0.39 is 0 Å². The smallest absolute Gasteiger partial charge is 0.254 e. The summed E-state index contributed by atoms with van der Waals surface area (Å²) in [6.07, 6.45) is 0.688. The molecule has 0 radical (unpaired) electrons. The van der Waals surface area contributed by atoms with Gasteiger partial charge in [-0.05, 0) is 34.5 Å². The highest BCUT2D eigenvalue weighted by atomic mass is 35.5. The Hall–Kier alpha value is -2.96. The molecule has 156 valence electrons. The maximum Gasteiger partial charge on any atom is 0.254 e. The van der Waals surface area contributed by atoms with Gasteiger partial charge in [0, 0.05) is 54.7 Å². The number of rotatable bonds is 4. The summed E-state index contributed by atoms with van der Waals surface area (Å²) in [5, 5.41) is 3.75. The number of benzene rings is 3. The van der Waals surface area contributed by atoms with Crippen LogP contribution >= 0.6 is 23.1 Å². The fraction of sp³-hybridized carbons (Fsp3) is 0.208. The predicted molar refractivity (Wildman–Crippen MR) is 126 cm³/mol. The number of amides is 1. The van der Waals surface area contributed by atoms with E-state index in [1.54, 1.807) is 0 Å². The molecular weight excluding hydrogens is 428 g/mol. The molecule has 1 aromatic heterocycles. The van der Waals surface area contributed by atoms with Crippen LogP contribution in [0.5, 0.6) is 0 Å². The number of anilines is 1. The molecule has 0 saturated carbocycles. The van der Waals surface area contributed by atoms with Gasteiger partial charge in [-0.3, -0.25) is 4.79 Å². The average molecular weight is 449 g/mol. The normalized spacial score (nSPS) is 14.2. The molecule has 31 heavy (non-hydrogen) atoms. The molecule has 1 aliphatic rings. The van der Waals surface area contributed by atoms with Gasteiger partial charge in [-0.25, -0.2) is 4.98 Å². The number of nitrogens with zero attached hydrogens (tertiary/aromatic N) is 4. The Bertz CT molecular complexity index is 1210. The molecule has 0 aliphatic carbocycles. The van der Waals surface area contributed by atoms with E-state index in [2.05, 4.69) is 9.27 Å². The van der Waals surface area contributed by atoms with Crippen molar-refractivity contribution in [3.05, 3.63) is 88.7 Å². The number of carbonyl (C=O) groups is 1. The fourth-order valence-electron chi connectivity index (χ4n) is 3.91. The molecule has 0 unspecified atom stereocenters. The molecule has 0 N–H and O–H groups in total. The number of carbonyl (C=O) groups excluding carboxylic acids is 1. The minimum Gasteiger partial charge on any atom is -0.343 e. The lowest BCUT2D eigenvalue weighted by Crippen LogP contribution is -2.48. The molecule has 1 aliphatic heterocycles. The third kappa shape index (κ3) is 4.27. The van der Waals surface area contributed by atoms with Crippen LogP contribution in [-0.2, 0) is 6.42 Å². The van der Waals surface area contributed by atoms with Crippen LogP contribution in [0.2, 0.25) is 5.02 Å². The largest absolute Gasteiger partial charge is 0.343 e. The Balaban J connectivity index is 1.24. The molecule has 7 heteroatoms. The summed E-state index contributed by atoms with van der Waals surface area (Å²) in [7, 11) is 0. The van der Waals surface area contributed by atoms with Gasteiger partial charge in [0.25, 0.3) is 5.91 Å². The Morgan fingerprint density at radius 1 is 0.935 bits per heavy atom. The van der Waals surface area contributed by atoms with Crippen LogP contribution in [0.25, 0.3) is 10.8 Å². The summed E-state index contributed by atoms with van der Waals surface area (Å²) >= 11 is 7.38. The van der Waals surface area contributed by atoms with Crippen molar-refractivity contribution in [1.82, 2.24) is 14.3 Å². The summed E-state index contributed by atoms with van der Waals surface area (Å²) in [5.74, 6) is 0.911. The minimum absolute atomic E-state index is 0.0946. The van der Waals surface area contributed by atoms with Crippen molar-refractivity contribution < 1.29 is 4.79 Å². The molecule has 1 saturated heterocycles. The molecule has 1 fully saturated rings. The Morgan fingerprint density at radius 3 is 2.48 bits per heavy atom. The van der Waals surface area contributed by atoms with Crippen LogP contribution in [0.3, 0.4) is 0 Å². The van der Waals surface area contributed by atoms with E-state index in [9.17, 15) is 4.79 Å². The van der Waals surface area contributed by atoms with Gasteiger partial charge in [-0.2, -0.15) is 4.37 Å². The van der Waals surface area contributed by atoms with Crippen molar-refractivity contribution in [3.63, 3.8) is 0 Å². The zero-order chi connectivity index (χ0) is 21.2. The molecule has 2 heterocycles. The number of aromatic nitrogens is 2. The van der Waals surface area contributed by atoms with Crippen molar-refractivity contribution in [2.24, 2.45) is 0 Å². The first kappa shape index (κ1) is 20.0. The van der Waals surface area contributed by atoms with Gasteiger partial charge in [-0.15, -0.1) is 0 Å². The van der Waals surface area contributed by atoms with Crippen LogP contribution in [0.4, 0.5) is 5.13 Å². The number of hydrogen-bond acceptors (Lipinski definition) is 5. The molecular formula is C24H21ClN4OS. The van der Waals surface area contributed by atoms with Crippen LogP contribution in [0.1, 0.15) is 21.7 Å². The van der Waals surface area contributed by atoms with Gasteiger partial charge in [0.05, 0.1) is 0 Å². The minimum atomic E-state index is 0.0946. The van der Waals surface area contributed by atoms with Crippen LogP contribution in [0.15, 0.2) is 66.7 Å². The first-order chi connectivity index (χ1) is 15.2. The Morgan fingerprint density at radius 2 is 1.68 bits per heavy atom. The van der Waals surface area contributed by atoms with Crippen molar-refractivity contribution in [3.8, 4) is 0 Å². The summed E-state index contributed by atoms with van der Waals surface area (Å²) in [6.45, 7) is 2.86. The fourth-order valence-corrected chi connectivity index (χ4v) is 4.78. The molecule has 4 aromatic rings. The second-order valence-electron chi connectivity index (χ2n) is 7.60. The second kappa shape index (κ2) is 8.65. The van der Waals surface area contributed by atoms with Crippen molar-refractivity contribution in [2.45, 2.75) is 6.42 Å². The van der Waals surface area contributed by atoms with E-state index in [0.717, 1.165) is 51.0 Å². The van der Waals surface area contributed by atoms with Crippen LogP contribution in [0, 0.1) is 0 Å². The van der Waals surface area contributed by atoms with Crippen LogP contribution < -0.4 is 4.90 Å². The van der Waals surface area contributed by atoms with E-state index in [1.165, 1.54) is 11.5 Å². The monoisotopic (exact) mass is 448 g/mol. The predicted octanol–water partition coefficient (Wildman–Crippen LogP) is 4.90. The summed E-state index contributed by atoms with van der Waals surface area (Å²) in [5.41, 5.74) is 1.91. The third-order valence-electron chi connectivity index (χ3n) is 5.59. The SMILES string of the molecule is O=C(c1cccc2ccccc12)N1CCN(c2nc(Cc3ccc(Cl)cc3)ns2)CC1. The van der Waals surface area contributed by atoms with Gasteiger partial charge in [0.1, 0.15) is 5.82 Å². The van der Waals surface area contributed by atoms with Crippen molar-refractivity contribution >= 4 is 44.9 Å². The number of fused-ring (bicyclic) bond motifs is 1. The number of hydrogen-bond donors (Lipinski definition) is 0.